The summed E-state index contributed by atoms with van der Waals surface area (Å²) in [5.41, 5.74) is 4.47. The zero-order chi connectivity index (χ0) is 20.8. The van der Waals surface area contributed by atoms with E-state index >= 15 is 0 Å². The lowest BCUT2D eigenvalue weighted by atomic mass is 9.99. The van der Waals surface area contributed by atoms with E-state index in [2.05, 4.69) is 28.4 Å². The summed E-state index contributed by atoms with van der Waals surface area (Å²) in [6.45, 7) is 6.69. The Morgan fingerprint density at radius 3 is 2.97 bits per heavy atom. The van der Waals surface area contributed by atoms with Gasteiger partial charge in [-0.15, -0.1) is 11.3 Å². The highest BCUT2D eigenvalue weighted by Gasteiger charge is 2.28. The summed E-state index contributed by atoms with van der Waals surface area (Å²) in [5.74, 6) is -0.000889. The van der Waals surface area contributed by atoms with Gasteiger partial charge in [-0.05, 0) is 43.3 Å². The molecule has 2 aliphatic rings. The fourth-order valence-electron chi connectivity index (χ4n) is 4.72. The number of likely N-dealkylation sites (tertiary alicyclic amines) is 1. The van der Waals surface area contributed by atoms with Crippen molar-refractivity contribution in [1.29, 1.82) is 0 Å². The van der Waals surface area contributed by atoms with Gasteiger partial charge in [0.05, 0.1) is 29.5 Å². The lowest BCUT2D eigenvalue weighted by Crippen LogP contribution is -2.39. The zero-order valence-electron chi connectivity index (χ0n) is 17.5. The fourth-order valence-corrected chi connectivity index (χ4v) is 5.65. The third kappa shape index (κ3) is 3.37. The maximum Gasteiger partial charge on any atom is 0.277 e. The topological polar surface area (TPSA) is 73.7 Å². The van der Waals surface area contributed by atoms with Crippen LogP contribution in [0.2, 0.25) is 0 Å². The maximum atomic E-state index is 13.2. The number of piperidine rings is 1. The van der Waals surface area contributed by atoms with Gasteiger partial charge in [0.25, 0.3) is 5.56 Å². The van der Waals surface area contributed by atoms with E-state index < -0.39 is 0 Å². The molecule has 0 saturated carbocycles. The number of aromatic amines is 1. The van der Waals surface area contributed by atoms with Crippen LogP contribution in [0, 0.1) is 6.92 Å². The number of nitrogens with one attached hydrogen (secondary N) is 1. The summed E-state index contributed by atoms with van der Waals surface area (Å²) in [6, 6.07) is 4.48. The van der Waals surface area contributed by atoms with Crippen molar-refractivity contribution < 1.29 is 4.79 Å². The maximum absolute atomic E-state index is 13.2. The van der Waals surface area contributed by atoms with E-state index in [0.717, 1.165) is 30.9 Å². The summed E-state index contributed by atoms with van der Waals surface area (Å²) in [6.07, 6.45) is 4.10. The lowest BCUT2D eigenvalue weighted by molar-refractivity contribution is -0.129. The van der Waals surface area contributed by atoms with Gasteiger partial charge in [0, 0.05) is 37.4 Å². The highest BCUT2D eigenvalue weighted by atomic mass is 32.1. The van der Waals surface area contributed by atoms with Gasteiger partial charge < -0.3 is 4.90 Å². The van der Waals surface area contributed by atoms with Crippen molar-refractivity contribution in [3.05, 3.63) is 55.3 Å². The number of H-pyrrole nitrogens is 1. The molecule has 8 heteroatoms. The number of carbonyl (C=O) groups is 1. The average Bonchev–Trinajstić information content (AvgIpc) is 3.35. The molecule has 3 aromatic heterocycles. The summed E-state index contributed by atoms with van der Waals surface area (Å²) in [4.78, 5) is 35.4. The van der Waals surface area contributed by atoms with E-state index in [1.54, 1.807) is 16.3 Å². The number of nitrogens with zero attached hydrogens (tertiary/aromatic N) is 4. The Balaban J connectivity index is 1.50. The number of carbonyl (C=O) groups excluding carboxylic acids is 1. The summed E-state index contributed by atoms with van der Waals surface area (Å²) in [5, 5.41) is 5.51. The number of hydrogen-bond donors (Lipinski definition) is 1. The molecule has 0 aliphatic carbocycles. The molecule has 5 heterocycles. The van der Waals surface area contributed by atoms with Gasteiger partial charge in [0.1, 0.15) is 0 Å². The molecule has 2 aliphatic heterocycles. The number of fused-ring (bicyclic) bond motifs is 2. The molecule has 0 unspecified atom stereocenters. The molecule has 3 aromatic rings. The third-order valence-corrected chi connectivity index (χ3v) is 7.52. The minimum absolute atomic E-state index is 0.000889. The molecule has 158 valence electrons. The molecular formula is C22H27N5O2S. The second-order valence-electron chi connectivity index (χ2n) is 8.45. The van der Waals surface area contributed by atoms with Crippen LogP contribution in [0.3, 0.4) is 0 Å². The van der Waals surface area contributed by atoms with Crippen LogP contribution in [0.15, 0.2) is 22.3 Å². The Kier molecular flexibility index (Phi) is 4.99. The lowest BCUT2D eigenvalue weighted by Gasteiger charge is -2.34. The number of thiophene rings is 1. The van der Waals surface area contributed by atoms with Crippen LogP contribution in [0.25, 0.3) is 5.65 Å². The van der Waals surface area contributed by atoms with Gasteiger partial charge in [0.2, 0.25) is 5.91 Å². The van der Waals surface area contributed by atoms with Crippen LogP contribution >= 0.6 is 11.3 Å². The zero-order valence-corrected chi connectivity index (χ0v) is 18.3. The minimum Gasteiger partial charge on any atom is -0.338 e. The first kappa shape index (κ1) is 19.5. The normalized spacial score (nSPS) is 19.9. The van der Waals surface area contributed by atoms with E-state index in [-0.39, 0.29) is 17.5 Å². The van der Waals surface area contributed by atoms with Gasteiger partial charge in [-0.25, -0.2) is 9.50 Å². The monoisotopic (exact) mass is 425 g/mol. The van der Waals surface area contributed by atoms with Gasteiger partial charge in [0.15, 0.2) is 5.65 Å². The summed E-state index contributed by atoms with van der Waals surface area (Å²) in [7, 11) is 0. The van der Waals surface area contributed by atoms with Crippen LogP contribution in [0.4, 0.5) is 0 Å². The van der Waals surface area contributed by atoms with E-state index in [1.165, 1.54) is 23.3 Å². The van der Waals surface area contributed by atoms with E-state index in [9.17, 15) is 9.59 Å². The van der Waals surface area contributed by atoms with Crippen LogP contribution < -0.4 is 5.56 Å². The Hall–Kier alpha value is -2.45. The first-order valence-electron chi connectivity index (χ1n) is 10.7. The third-order valence-electron chi connectivity index (χ3n) is 6.51. The molecule has 1 amide bonds. The molecule has 1 saturated heterocycles. The molecule has 1 N–H and O–H groups in total. The number of hydrogen-bond acceptors (Lipinski definition) is 5. The SMILES string of the molecule is CC(=O)N1CCc2nc3cc([C@@H]4CCCCN4Cc4sccc4C)[nH]n3c(=O)c2C1. The van der Waals surface area contributed by atoms with E-state index in [4.69, 9.17) is 4.98 Å². The first-order valence-corrected chi connectivity index (χ1v) is 11.5. The van der Waals surface area contributed by atoms with Crippen molar-refractivity contribution in [2.24, 2.45) is 0 Å². The highest BCUT2D eigenvalue weighted by molar-refractivity contribution is 7.10. The van der Waals surface area contributed by atoms with Crippen LogP contribution in [0.5, 0.6) is 0 Å². The average molecular weight is 426 g/mol. The fraction of sp³-hybridized carbons (Fsp3) is 0.500. The molecule has 5 rings (SSSR count). The van der Waals surface area contributed by atoms with Crippen LogP contribution in [-0.2, 0) is 24.3 Å². The quantitative estimate of drug-likeness (QED) is 0.700. The Morgan fingerprint density at radius 2 is 2.20 bits per heavy atom. The van der Waals surface area contributed by atoms with Crippen molar-refractivity contribution >= 4 is 22.9 Å². The Morgan fingerprint density at radius 1 is 1.33 bits per heavy atom. The predicted octanol–water partition coefficient (Wildman–Crippen LogP) is 3.02. The largest absolute Gasteiger partial charge is 0.338 e. The van der Waals surface area contributed by atoms with Crippen molar-refractivity contribution in [2.45, 2.75) is 58.7 Å². The number of aryl methyl sites for hydroxylation is 1. The second-order valence-corrected chi connectivity index (χ2v) is 9.45. The summed E-state index contributed by atoms with van der Waals surface area (Å²) >= 11 is 1.82. The van der Waals surface area contributed by atoms with E-state index in [0.29, 0.717) is 30.7 Å². The standard InChI is InChI=1S/C22H27N5O2S/c1-14-7-10-30-20(14)13-26-8-4-3-5-19(26)18-11-21-23-17-6-9-25(15(2)28)12-16(17)22(29)27(21)24-18/h7,10-11,19,24H,3-6,8-9,12-13H2,1-2H3/t19-/m0/s1. The molecule has 0 bridgehead atoms. The van der Waals surface area contributed by atoms with Crippen molar-refractivity contribution in [1.82, 2.24) is 24.4 Å². The van der Waals surface area contributed by atoms with Gasteiger partial charge >= 0.3 is 0 Å². The molecular weight excluding hydrogens is 398 g/mol. The van der Waals surface area contributed by atoms with Crippen molar-refractivity contribution in [2.75, 3.05) is 13.1 Å². The smallest absolute Gasteiger partial charge is 0.277 e. The van der Waals surface area contributed by atoms with E-state index in [1.807, 2.05) is 17.4 Å². The number of rotatable bonds is 3. The van der Waals surface area contributed by atoms with Gasteiger partial charge in [-0.3, -0.25) is 19.6 Å². The molecule has 1 fully saturated rings. The molecule has 0 radical (unpaired) electrons. The first-order chi connectivity index (χ1) is 14.5. The molecule has 1 atom stereocenters. The van der Waals surface area contributed by atoms with Crippen LogP contribution in [-0.4, -0.2) is 43.4 Å². The van der Waals surface area contributed by atoms with Gasteiger partial charge in [-0.2, -0.15) is 0 Å². The summed E-state index contributed by atoms with van der Waals surface area (Å²) < 4.78 is 1.57. The molecule has 0 spiro atoms. The number of amides is 1. The van der Waals surface area contributed by atoms with Crippen molar-refractivity contribution in [3.63, 3.8) is 0 Å². The number of aromatic nitrogens is 3. The molecule has 30 heavy (non-hydrogen) atoms. The van der Waals surface area contributed by atoms with Gasteiger partial charge in [-0.1, -0.05) is 6.42 Å². The minimum atomic E-state index is -0.0799. The molecule has 0 aromatic carbocycles. The Bertz CT molecular complexity index is 1160. The predicted molar refractivity (Wildman–Crippen MR) is 117 cm³/mol. The highest BCUT2D eigenvalue weighted by Crippen LogP contribution is 2.33. The Labute approximate surface area is 179 Å². The van der Waals surface area contributed by atoms with Crippen LogP contribution in [0.1, 0.15) is 59.6 Å². The second kappa shape index (κ2) is 7.67. The molecule has 7 nitrogen and oxygen atoms in total. The van der Waals surface area contributed by atoms with Crippen molar-refractivity contribution in [3.8, 4) is 0 Å².